The summed E-state index contributed by atoms with van der Waals surface area (Å²) in [5, 5.41) is 3.18. The fraction of sp³-hybridized carbons (Fsp3) is 0.200. The molecule has 0 unspecified atom stereocenters. The lowest BCUT2D eigenvalue weighted by atomic mass is 10.2. The molecule has 1 heterocycles. The second kappa shape index (κ2) is 6.45. The van der Waals surface area contributed by atoms with Gasteiger partial charge in [0.1, 0.15) is 5.69 Å². The van der Waals surface area contributed by atoms with Gasteiger partial charge in [0.2, 0.25) is 0 Å². The largest absolute Gasteiger partial charge is 0.451 e. The first-order valence-corrected chi connectivity index (χ1v) is 6.69. The molecule has 2 rings (SSSR count). The molecule has 6 heteroatoms. The third kappa shape index (κ3) is 3.86. The van der Waals surface area contributed by atoms with Crippen molar-refractivity contribution in [3.8, 4) is 0 Å². The van der Waals surface area contributed by atoms with Crippen molar-refractivity contribution in [3.63, 3.8) is 0 Å². The van der Waals surface area contributed by atoms with Crippen molar-refractivity contribution < 1.29 is 14.3 Å². The number of benzene rings is 1. The number of ether oxygens (including phenoxy) is 1. The molecular formula is C15H15ClN2O3. The Labute approximate surface area is 127 Å². The number of carbonyl (C=O) groups is 2. The Hall–Kier alpha value is -2.27. The van der Waals surface area contributed by atoms with Gasteiger partial charge >= 0.3 is 5.97 Å². The van der Waals surface area contributed by atoms with Crippen molar-refractivity contribution in [2.24, 2.45) is 7.05 Å². The molecule has 0 fully saturated rings. The van der Waals surface area contributed by atoms with Crippen LogP contribution in [0.1, 0.15) is 16.1 Å². The molecule has 0 bridgehead atoms. The summed E-state index contributed by atoms with van der Waals surface area (Å²) in [5.41, 5.74) is 1.87. The number of halogens is 1. The van der Waals surface area contributed by atoms with Crippen LogP contribution in [0.4, 0.5) is 5.69 Å². The maximum atomic E-state index is 11.8. The van der Waals surface area contributed by atoms with Crippen LogP contribution in [0.5, 0.6) is 0 Å². The van der Waals surface area contributed by atoms with Gasteiger partial charge in [0.05, 0.1) is 0 Å². The van der Waals surface area contributed by atoms with Crippen LogP contribution in [0.2, 0.25) is 5.02 Å². The molecule has 1 aromatic carbocycles. The Bertz CT molecular complexity index is 679. The van der Waals surface area contributed by atoms with Crippen molar-refractivity contribution in [1.29, 1.82) is 0 Å². The average molecular weight is 307 g/mol. The minimum absolute atomic E-state index is 0.351. The molecule has 5 nitrogen and oxygen atoms in total. The number of amides is 1. The molecule has 0 aliphatic rings. The smallest absolute Gasteiger partial charge is 0.355 e. The predicted octanol–water partition coefficient (Wildman–Crippen LogP) is 2.78. The van der Waals surface area contributed by atoms with Crippen molar-refractivity contribution in [1.82, 2.24) is 4.57 Å². The number of rotatable bonds is 4. The Morgan fingerprint density at radius 3 is 2.76 bits per heavy atom. The van der Waals surface area contributed by atoms with Crippen LogP contribution >= 0.6 is 11.6 Å². The van der Waals surface area contributed by atoms with E-state index < -0.39 is 11.9 Å². The number of anilines is 1. The van der Waals surface area contributed by atoms with E-state index in [9.17, 15) is 9.59 Å². The van der Waals surface area contributed by atoms with Gasteiger partial charge in [-0.3, -0.25) is 4.79 Å². The van der Waals surface area contributed by atoms with Gasteiger partial charge in [0, 0.05) is 24.0 Å². The first-order valence-electron chi connectivity index (χ1n) is 6.32. The highest BCUT2D eigenvalue weighted by Gasteiger charge is 2.13. The molecule has 0 atom stereocenters. The summed E-state index contributed by atoms with van der Waals surface area (Å²) in [6.07, 6.45) is 1.73. The summed E-state index contributed by atoms with van der Waals surface area (Å²) < 4.78 is 6.59. The molecule has 0 saturated heterocycles. The van der Waals surface area contributed by atoms with Crippen LogP contribution in [0.15, 0.2) is 36.5 Å². The third-order valence-corrected chi connectivity index (χ3v) is 3.20. The number of esters is 1. The molecule has 0 aliphatic carbocycles. The zero-order valence-electron chi connectivity index (χ0n) is 11.7. The van der Waals surface area contributed by atoms with Crippen molar-refractivity contribution in [3.05, 3.63) is 52.8 Å². The summed E-state index contributed by atoms with van der Waals surface area (Å²) in [4.78, 5) is 23.6. The highest BCUT2D eigenvalue weighted by atomic mass is 35.5. The van der Waals surface area contributed by atoms with Crippen LogP contribution in [0, 0.1) is 6.92 Å². The predicted molar refractivity (Wildman–Crippen MR) is 80.5 cm³/mol. The number of aromatic nitrogens is 1. The van der Waals surface area contributed by atoms with Gasteiger partial charge in [0.25, 0.3) is 5.91 Å². The normalized spacial score (nSPS) is 10.2. The Morgan fingerprint density at radius 2 is 2.10 bits per heavy atom. The first-order chi connectivity index (χ1) is 9.97. The van der Waals surface area contributed by atoms with Crippen molar-refractivity contribution >= 4 is 29.2 Å². The van der Waals surface area contributed by atoms with Crippen LogP contribution in [0.25, 0.3) is 0 Å². The standard InChI is InChI=1S/C15H15ClN2O3/c1-10-5-6-11(16)8-12(10)17-14(19)9-21-15(20)13-4-3-7-18(13)2/h3-8H,9H2,1-2H3,(H,17,19). The fourth-order valence-corrected chi connectivity index (χ4v) is 1.97. The summed E-state index contributed by atoms with van der Waals surface area (Å²) in [6, 6.07) is 8.54. The second-order valence-corrected chi connectivity index (χ2v) is 5.02. The molecule has 0 spiro atoms. The van der Waals surface area contributed by atoms with Gasteiger partial charge < -0.3 is 14.6 Å². The maximum Gasteiger partial charge on any atom is 0.355 e. The molecule has 1 N–H and O–H groups in total. The minimum atomic E-state index is -0.541. The van der Waals surface area contributed by atoms with E-state index in [1.807, 2.05) is 6.92 Å². The molecule has 1 aromatic heterocycles. The van der Waals surface area contributed by atoms with Crippen LogP contribution < -0.4 is 5.32 Å². The molecule has 1 amide bonds. The van der Waals surface area contributed by atoms with Gasteiger partial charge in [0.15, 0.2) is 6.61 Å². The monoisotopic (exact) mass is 306 g/mol. The number of aryl methyl sites for hydroxylation is 2. The number of hydrogen-bond donors (Lipinski definition) is 1. The van der Waals surface area contributed by atoms with E-state index in [0.29, 0.717) is 16.4 Å². The van der Waals surface area contributed by atoms with Crippen molar-refractivity contribution in [2.45, 2.75) is 6.92 Å². The van der Waals surface area contributed by atoms with Gasteiger partial charge in [-0.05, 0) is 36.8 Å². The zero-order chi connectivity index (χ0) is 15.4. The molecular weight excluding hydrogens is 292 g/mol. The van der Waals surface area contributed by atoms with Gasteiger partial charge in [-0.15, -0.1) is 0 Å². The molecule has 0 aliphatic heterocycles. The highest BCUT2D eigenvalue weighted by molar-refractivity contribution is 6.31. The SMILES string of the molecule is Cc1ccc(Cl)cc1NC(=O)COC(=O)c1cccn1C. The fourth-order valence-electron chi connectivity index (χ4n) is 1.79. The van der Waals surface area contributed by atoms with E-state index in [0.717, 1.165) is 5.56 Å². The number of nitrogens with one attached hydrogen (secondary N) is 1. The van der Waals surface area contributed by atoms with Gasteiger partial charge in [-0.2, -0.15) is 0 Å². The third-order valence-electron chi connectivity index (χ3n) is 2.96. The van der Waals surface area contributed by atoms with Crippen LogP contribution in [-0.4, -0.2) is 23.1 Å². The lowest BCUT2D eigenvalue weighted by Gasteiger charge is -2.09. The van der Waals surface area contributed by atoms with Gasteiger partial charge in [-0.1, -0.05) is 17.7 Å². The van der Waals surface area contributed by atoms with Crippen molar-refractivity contribution in [2.75, 3.05) is 11.9 Å². The van der Waals surface area contributed by atoms with E-state index in [1.165, 1.54) is 0 Å². The molecule has 21 heavy (non-hydrogen) atoms. The van der Waals surface area contributed by atoms with Crippen LogP contribution in [0.3, 0.4) is 0 Å². The second-order valence-electron chi connectivity index (χ2n) is 4.59. The zero-order valence-corrected chi connectivity index (χ0v) is 12.5. The van der Waals surface area contributed by atoms with E-state index >= 15 is 0 Å². The summed E-state index contributed by atoms with van der Waals surface area (Å²) >= 11 is 5.87. The van der Waals surface area contributed by atoms with E-state index in [2.05, 4.69) is 5.32 Å². The summed E-state index contributed by atoms with van der Waals surface area (Å²) in [7, 11) is 1.73. The molecule has 0 radical (unpaired) electrons. The van der Waals surface area contributed by atoms with Gasteiger partial charge in [-0.25, -0.2) is 4.79 Å². The number of carbonyl (C=O) groups excluding carboxylic acids is 2. The van der Waals surface area contributed by atoms with E-state index in [-0.39, 0.29) is 6.61 Å². The number of nitrogens with zero attached hydrogens (tertiary/aromatic N) is 1. The Balaban J connectivity index is 1.92. The molecule has 110 valence electrons. The average Bonchev–Trinajstić information content (AvgIpc) is 2.86. The van der Waals surface area contributed by atoms with E-state index in [1.54, 1.807) is 48.1 Å². The minimum Gasteiger partial charge on any atom is -0.451 e. The maximum absolute atomic E-state index is 11.8. The van der Waals surface area contributed by atoms with E-state index in [4.69, 9.17) is 16.3 Å². The topological polar surface area (TPSA) is 60.3 Å². The first kappa shape index (κ1) is 15.1. The molecule has 2 aromatic rings. The summed E-state index contributed by atoms with van der Waals surface area (Å²) in [6.45, 7) is 1.50. The lowest BCUT2D eigenvalue weighted by Crippen LogP contribution is -2.22. The Kier molecular flexibility index (Phi) is 4.65. The van der Waals surface area contributed by atoms with Crippen LogP contribution in [-0.2, 0) is 16.6 Å². The Morgan fingerprint density at radius 1 is 1.33 bits per heavy atom. The highest BCUT2D eigenvalue weighted by Crippen LogP contribution is 2.20. The molecule has 0 saturated carbocycles. The quantitative estimate of drug-likeness (QED) is 0.884. The lowest BCUT2D eigenvalue weighted by molar-refractivity contribution is -0.119. The number of hydrogen-bond acceptors (Lipinski definition) is 3. The summed E-state index contributed by atoms with van der Waals surface area (Å²) in [5.74, 6) is -0.955.